The molecule has 2 aromatic carbocycles. The fraction of sp³-hybridized carbons (Fsp3) is 0.343. The lowest BCUT2D eigenvalue weighted by Crippen LogP contribution is -2.29. The zero-order valence-electron chi connectivity index (χ0n) is 25.2. The van der Waals surface area contributed by atoms with E-state index >= 15 is 0 Å². The van der Waals surface area contributed by atoms with Gasteiger partial charge >= 0.3 is 11.9 Å². The summed E-state index contributed by atoms with van der Waals surface area (Å²) in [5.41, 5.74) is 5.00. The summed E-state index contributed by atoms with van der Waals surface area (Å²) in [7, 11) is 0. The standard InChI is InChI=1S/C35H41N2O5/c1-6-33(38)40-21-13-14-22-41-35(39)28-16-12-11-15-27(28)34-29-19-17-25(36(7-2)8-3)23-31(29)42-32-24-26(18-20-30(32)34)37(9-4)10-5/h6,11-12,15-20,23-24H,1,7-10,13-14,21-22H2,2-5H3/q+1. The van der Waals surface area contributed by atoms with Gasteiger partial charge in [0.1, 0.15) is 24.4 Å². The number of ether oxygens (including phenoxy) is 2. The molecule has 0 unspecified atom stereocenters. The van der Waals surface area contributed by atoms with Crippen LogP contribution in [-0.4, -0.2) is 51.3 Å². The van der Waals surface area contributed by atoms with Gasteiger partial charge in [-0.1, -0.05) is 24.8 Å². The molecule has 0 bridgehead atoms. The Morgan fingerprint density at radius 2 is 1.60 bits per heavy atom. The largest absolute Gasteiger partial charge is 0.463 e. The number of carbonyl (C=O) groups is 2. The van der Waals surface area contributed by atoms with Crippen molar-refractivity contribution >= 4 is 28.6 Å². The van der Waals surface area contributed by atoms with Crippen molar-refractivity contribution in [1.82, 2.24) is 4.58 Å². The molecule has 220 valence electrons. The lowest BCUT2D eigenvalue weighted by molar-refractivity contribution is -0.137. The number of rotatable bonds is 13. The van der Waals surface area contributed by atoms with Crippen LogP contribution in [0.15, 0.2) is 77.7 Å². The molecule has 2 aliphatic rings. The molecule has 0 saturated heterocycles. The molecule has 4 rings (SSSR count). The minimum absolute atomic E-state index is 0.227. The van der Waals surface area contributed by atoms with Crippen LogP contribution in [0.25, 0.3) is 33.4 Å². The smallest absolute Gasteiger partial charge is 0.338 e. The molecular formula is C35H41N2O5+. The molecule has 1 aliphatic carbocycles. The number of esters is 2. The van der Waals surface area contributed by atoms with E-state index in [0.29, 0.717) is 18.4 Å². The highest BCUT2D eigenvalue weighted by Gasteiger charge is 2.23. The molecule has 0 aromatic heterocycles. The average molecular weight is 570 g/mol. The maximum absolute atomic E-state index is 13.4. The van der Waals surface area contributed by atoms with Gasteiger partial charge in [0.05, 0.1) is 24.8 Å². The van der Waals surface area contributed by atoms with Crippen LogP contribution < -0.4 is 14.8 Å². The molecule has 0 N–H and O–H groups in total. The number of anilines is 1. The predicted octanol–water partition coefficient (Wildman–Crippen LogP) is 6.53. The molecule has 0 amide bonds. The molecule has 7 heteroatoms. The Labute approximate surface area is 248 Å². The number of nitrogens with zero attached hydrogens (tertiary/aromatic N) is 2. The molecule has 0 atom stereocenters. The third kappa shape index (κ3) is 6.73. The van der Waals surface area contributed by atoms with Crippen molar-refractivity contribution in [2.24, 2.45) is 0 Å². The molecule has 1 aliphatic heterocycles. The normalized spacial score (nSPS) is 11.0. The van der Waals surface area contributed by atoms with Gasteiger partial charge < -0.3 is 18.8 Å². The number of hydrogen-bond acceptors (Lipinski definition) is 6. The van der Waals surface area contributed by atoms with Gasteiger partial charge in [0.15, 0.2) is 0 Å². The first-order valence-corrected chi connectivity index (χ1v) is 14.8. The Kier molecular flexibility index (Phi) is 10.5. The lowest BCUT2D eigenvalue weighted by atomic mass is 9.90. The van der Waals surface area contributed by atoms with E-state index in [1.165, 1.54) is 0 Å². The van der Waals surface area contributed by atoms with Crippen LogP contribution in [-0.2, 0) is 14.3 Å². The number of benzene rings is 3. The average Bonchev–Trinajstić information content (AvgIpc) is 3.02. The molecule has 0 spiro atoms. The Morgan fingerprint density at radius 1 is 0.881 bits per heavy atom. The van der Waals surface area contributed by atoms with E-state index in [1.54, 1.807) is 6.07 Å². The maximum Gasteiger partial charge on any atom is 0.338 e. The van der Waals surface area contributed by atoms with Gasteiger partial charge in [-0.3, -0.25) is 0 Å². The third-order valence-electron chi connectivity index (χ3n) is 7.55. The van der Waals surface area contributed by atoms with Crippen LogP contribution in [0, 0.1) is 0 Å². The summed E-state index contributed by atoms with van der Waals surface area (Å²) in [4.78, 5) is 26.9. The quantitative estimate of drug-likeness (QED) is 0.0600. The van der Waals surface area contributed by atoms with E-state index in [-0.39, 0.29) is 13.2 Å². The van der Waals surface area contributed by atoms with Gasteiger partial charge in [-0.25, -0.2) is 14.2 Å². The SMILES string of the molecule is C=CC(=O)OCCCCOC(=O)c1ccccc1-c1c2ccc(=[N+](CC)CC)cc-2oc2cc(N(CC)CC)ccc12. The molecule has 0 saturated carbocycles. The predicted molar refractivity (Wildman–Crippen MR) is 169 cm³/mol. The number of hydrogen-bond donors (Lipinski definition) is 0. The van der Waals surface area contributed by atoms with Gasteiger partial charge in [-0.2, -0.15) is 0 Å². The second-order valence-electron chi connectivity index (χ2n) is 9.94. The zero-order chi connectivity index (χ0) is 30.1. The highest BCUT2D eigenvalue weighted by Crippen LogP contribution is 2.42. The van der Waals surface area contributed by atoms with Crippen LogP contribution in [0.4, 0.5) is 5.69 Å². The van der Waals surface area contributed by atoms with Crippen molar-refractivity contribution in [3.05, 3.63) is 84.2 Å². The van der Waals surface area contributed by atoms with E-state index in [4.69, 9.17) is 13.9 Å². The van der Waals surface area contributed by atoms with Crippen LogP contribution in [0.1, 0.15) is 50.9 Å². The Morgan fingerprint density at radius 3 is 2.29 bits per heavy atom. The Bertz CT molecular complexity index is 1590. The molecule has 42 heavy (non-hydrogen) atoms. The minimum Gasteiger partial charge on any atom is -0.463 e. The van der Waals surface area contributed by atoms with Crippen LogP contribution in [0.3, 0.4) is 0 Å². The summed E-state index contributed by atoms with van der Waals surface area (Å²) < 4.78 is 19.5. The third-order valence-corrected chi connectivity index (χ3v) is 7.55. The van der Waals surface area contributed by atoms with E-state index in [9.17, 15) is 9.59 Å². The second kappa shape index (κ2) is 14.5. The van der Waals surface area contributed by atoms with Crippen molar-refractivity contribution in [3.8, 4) is 22.5 Å². The van der Waals surface area contributed by atoms with Gasteiger partial charge in [-0.05, 0) is 70.4 Å². The zero-order valence-corrected chi connectivity index (χ0v) is 25.2. The topological polar surface area (TPSA) is 72.0 Å². The first-order valence-electron chi connectivity index (χ1n) is 14.8. The maximum atomic E-state index is 13.4. The number of carbonyl (C=O) groups excluding carboxylic acids is 2. The summed E-state index contributed by atoms with van der Waals surface area (Å²) >= 11 is 0. The fourth-order valence-corrected chi connectivity index (χ4v) is 5.29. The van der Waals surface area contributed by atoms with Crippen molar-refractivity contribution < 1.29 is 23.5 Å². The summed E-state index contributed by atoms with van der Waals surface area (Å²) in [6.07, 6.45) is 2.31. The van der Waals surface area contributed by atoms with E-state index < -0.39 is 11.9 Å². The van der Waals surface area contributed by atoms with E-state index in [0.717, 1.165) is 76.7 Å². The first kappa shape index (κ1) is 30.6. The van der Waals surface area contributed by atoms with Crippen molar-refractivity contribution in [3.63, 3.8) is 0 Å². The molecule has 1 heterocycles. The lowest BCUT2D eigenvalue weighted by Gasteiger charge is -2.22. The monoisotopic (exact) mass is 569 g/mol. The van der Waals surface area contributed by atoms with E-state index in [2.05, 4.69) is 80.1 Å². The fourth-order valence-electron chi connectivity index (χ4n) is 5.29. The second-order valence-corrected chi connectivity index (χ2v) is 9.94. The molecular weight excluding hydrogens is 528 g/mol. The molecule has 0 fully saturated rings. The van der Waals surface area contributed by atoms with Crippen LogP contribution in [0.5, 0.6) is 0 Å². The van der Waals surface area contributed by atoms with Crippen molar-refractivity contribution in [2.45, 2.75) is 40.5 Å². The molecule has 2 aromatic rings. The van der Waals surface area contributed by atoms with Gasteiger partial charge in [0.2, 0.25) is 5.36 Å². The van der Waals surface area contributed by atoms with Crippen molar-refractivity contribution in [1.29, 1.82) is 0 Å². The highest BCUT2D eigenvalue weighted by molar-refractivity contribution is 6.08. The Balaban J connectivity index is 1.80. The number of unbranched alkanes of at least 4 members (excludes halogenated alkanes) is 1. The summed E-state index contributed by atoms with van der Waals surface area (Å²) in [5, 5.41) is 2.02. The molecule has 0 radical (unpaired) electrons. The summed E-state index contributed by atoms with van der Waals surface area (Å²) in [6.45, 7) is 16.0. The van der Waals surface area contributed by atoms with Crippen LogP contribution in [0.2, 0.25) is 0 Å². The first-order chi connectivity index (χ1) is 20.4. The van der Waals surface area contributed by atoms with Crippen molar-refractivity contribution in [2.75, 3.05) is 44.3 Å². The minimum atomic E-state index is -0.455. The molecule has 7 nitrogen and oxygen atoms in total. The van der Waals surface area contributed by atoms with Crippen LogP contribution >= 0.6 is 0 Å². The Hall–Kier alpha value is -4.39. The van der Waals surface area contributed by atoms with Gasteiger partial charge in [0.25, 0.3) is 0 Å². The highest BCUT2D eigenvalue weighted by atomic mass is 16.5. The summed E-state index contributed by atoms with van der Waals surface area (Å²) in [5.74, 6) is -0.0884. The van der Waals surface area contributed by atoms with Gasteiger partial charge in [-0.15, -0.1) is 0 Å². The van der Waals surface area contributed by atoms with E-state index in [1.807, 2.05) is 18.2 Å². The number of fused-ring (bicyclic) bond motifs is 2. The van der Waals surface area contributed by atoms with Gasteiger partial charge in [0, 0.05) is 53.5 Å². The summed E-state index contributed by atoms with van der Waals surface area (Å²) in [6, 6.07) is 20.2.